The summed E-state index contributed by atoms with van der Waals surface area (Å²) in [6.45, 7) is 8.19. The maximum atomic E-state index is 13.3. The van der Waals surface area contributed by atoms with Gasteiger partial charge in [0, 0.05) is 24.2 Å². The number of β-amino-alcohol motifs (C(OH)–C–C–N with tert-alkyl or cyclic N) is 1. The molecule has 2 aliphatic rings. The van der Waals surface area contributed by atoms with E-state index in [9.17, 15) is 9.90 Å². The molecule has 1 aliphatic carbocycles. The molecular weight excluding hydrogens is 586 g/mol. The third-order valence-corrected chi connectivity index (χ3v) is 9.19. The SMILES string of the molecule is CSNc1cc(NC(=O)NC2CCC(Oc3ccc4nnc([C@@H]5CCCN5CCO)n4c3)c3ccccc32)cc(C(C)(C)C)c1. The van der Waals surface area contributed by atoms with Crippen LogP contribution >= 0.6 is 11.9 Å². The van der Waals surface area contributed by atoms with Crippen LogP contribution in [0.3, 0.4) is 0 Å². The molecule has 1 fully saturated rings. The van der Waals surface area contributed by atoms with Crippen molar-refractivity contribution >= 4 is 35.0 Å². The number of nitrogens with one attached hydrogen (secondary N) is 3. The number of aromatic nitrogens is 3. The average Bonchev–Trinajstić information content (AvgIpc) is 3.64. The molecule has 11 heteroatoms. The molecule has 2 amide bonds. The summed E-state index contributed by atoms with van der Waals surface area (Å²) in [7, 11) is 0. The molecule has 0 bridgehead atoms. The van der Waals surface area contributed by atoms with Crippen molar-refractivity contribution in [1.82, 2.24) is 24.8 Å². The molecule has 238 valence electrons. The van der Waals surface area contributed by atoms with Crippen LogP contribution in [0.1, 0.15) is 87.2 Å². The Balaban J connectivity index is 1.17. The predicted molar refractivity (Wildman–Crippen MR) is 180 cm³/mol. The van der Waals surface area contributed by atoms with Crippen molar-refractivity contribution in [3.63, 3.8) is 0 Å². The van der Waals surface area contributed by atoms with E-state index in [1.165, 1.54) is 11.9 Å². The van der Waals surface area contributed by atoms with Gasteiger partial charge in [0.25, 0.3) is 0 Å². The number of benzene rings is 2. The van der Waals surface area contributed by atoms with Gasteiger partial charge >= 0.3 is 6.03 Å². The smallest absolute Gasteiger partial charge is 0.319 e. The lowest BCUT2D eigenvalue weighted by atomic mass is 9.85. The highest BCUT2D eigenvalue weighted by atomic mass is 32.2. The number of nitrogens with zero attached hydrogens (tertiary/aromatic N) is 4. The van der Waals surface area contributed by atoms with E-state index in [0.717, 1.165) is 77.5 Å². The number of fused-ring (bicyclic) bond motifs is 2. The van der Waals surface area contributed by atoms with Crippen molar-refractivity contribution in [1.29, 1.82) is 0 Å². The van der Waals surface area contributed by atoms with Crippen LogP contribution in [0, 0.1) is 0 Å². The standard InChI is InChI=1S/C34H43N7O3S/c1-34(2,3)22-18-23(20-24(19-22)39-45-4)35-33(43)36-28-12-13-30(27-9-6-5-8-26(27)28)44-25-11-14-31-37-38-32(41(31)21-25)29-10-7-15-40(29)16-17-42/h5-6,8-9,11,14,18-21,28-30,39,42H,7,10,12-13,15-17H2,1-4H3,(H2,35,36,43)/t28?,29-,30?/m0/s1. The number of carbonyl (C=O) groups is 1. The van der Waals surface area contributed by atoms with E-state index >= 15 is 0 Å². The summed E-state index contributed by atoms with van der Waals surface area (Å²) in [5.74, 6) is 1.62. The van der Waals surface area contributed by atoms with Gasteiger partial charge in [-0.1, -0.05) is 57.0 Å². The topological polar surface area (TPSA) is 116 Å². The summed E-state index contributed by atoms with van der Waals surface area (Å²) >= 11 is 1.52. The quantitative estimate of drug-likeness (QED) is 0.153. The second-order valence-corrected chi connectivity index (χ2v) is 13.5. The number of amides is 2. The Hall–Kier alpha value is -3.80. The summed E-state index contributed by atoms with van der Waals surface area (Å²) in [5.41, 5.74) is 5.70. The number of aliphatic hydroxyl groups is 1. The highest BCUT2D eigenvalue weighted by Crippen LogP contribution is 2.39. The fourth-order valence-electron chi connectivity index (χ4n) is 6.52. The molecule has 2 unspecified atom stereocenters. The Kier molecular flexibility index (Phi) is 9.21. The average molecular weight is 630 g/mol. The van der Waals surface area contributed by atoms with E-state index in [1.807, 2.05) is 53.3 Å². The maximum Gasteiger partial charge on any atom is 0.319 e. The minimum Gasteiger partial charge on any atom is -0.484 e. The second kappa shape index (κ2) is 13.3. The van der Waals surface area contributed by atoms with E-state index < -0.39 is 0 Å². The van der Waals surface area contributed by atoms with Crippen LogP contribution < -0.4 is 20.1 Å². The van der Waals surface area contributed by atoms with E-state index in [-0.39, 0.29) is 36.2 Å². The number of urea groups is 1. The summed E-state index contributed by atoms with van der Waals surface area (Å²) in [6.07, 6.45) is 7.36. The molecular formula is C34H43N7O3S. The predicted octanol–water partition coefficient (Wildman–Crippen LogP) is 6.62. The van der Waals surface area contributed by atoms with E-state index in [4.69, 9.17) is 4.74 Å². The molecule has 2 aromatic carbocycles. The first-order valence-electron chi connectivity index (χ1n) is 15.7. The maximum absolute atomic E-state index is 13.3. The van der Waals surface area contributed by atoms with Crippen LogP contribution in [-0.2, 0) is 5.41 Å². The Morgan fingerprint density at radius 2 is 1.84 bits per heavy atom. The Morgan fingerprint density at radius 1 is 1.04 bits per heavy atom. The molecule has 0 radical (unpaired) electrons. The Labute approximate surface area is 269 Å². The molecule has 10 nitrogen and oxygen atoms in total. The summed E-state index contributed by atoms with van der Waals surface area (Å²) in [5, 5.41) is 24.7. The number of anilines is 2. The molecule has 3 heterocycles. The highest BCUT2D eigenvalue weighted by molar-refractivity contribution is 7.99. The number of carbonyl (C=O) groups excluding carboxylic acids is 1. The molecule has 2 aromatic heterocycles. The van der Waals surface area contributed by atoms with Gasteiger partial charge in [0.2, 0.25) is 0 Å². The number of hydrogen-bond donors (Lipinski definition) is 4. The lowest BCUT2D eigenvalue weighted by Gasteiger charge is -2.32. The Morgan fingerprint density at radius 3 is 2.62 bits per heavy atom. The van der Waals surface area contributed by atoms with E-state index in [2.05, 4.69) is 69.4 Å². The molecule has 0 spiro atoms. The zero-order valence-electron chi connectivity index (χ0n) is 26.4. The first-order chi connectivity index (χ1) is 21.7. The lowest BCUT2D eigenvalue weighted by molar-refractivity contribution is 0.171. The summed E-state index contributed by atoms with van der Waals surface area (Å²) in [6, 6.07) is 18.0. The third kappa shape index (κ3) is 6.90. The summed E-state index contributed by atoms with van der Waals surface area (Å²) in [4.78, 5) is 15.6. The van der Waals surface area contributed by atoms with Crippen molar-refractivity contribution in [3.05, 3.63) is 83.3 Å². The van der Waals surface area contributed by atoms with Crippen molar-refractivity contribution in [2.24, 2.45) is 0 Å². The normalized spacial score (nSPS) is 20.2. The van der Waals surface area contributed by atoms with Crippen molar-refractivity contribution in [3.8, 4) is 5.75 Å². The van der Waals surface area contributed by atoms with Crippen LogP contribution in [0.15, 0.2) is 60.8 Å². The fourth-order valence-corrected chi connectivity index (χ4v) is 6.88. The fraction of sp³-hybridized carbons (Fsp3) is 0.441. The van der Waals surface area contributed by atoms with Gasteiger partial charge in [-0.05, 0) is 84.7 Å². The third-order valence-electron chi connectivity index (χ3n) is 8.75. The molecule has 6 rings (SSSR count). The van der Waals surface area contributed by atoms with Gasteiger partial charge in [0.1, 0.15) is 11.9 Å². The number of likely N-dealkylation sites (tertiary alicyclic amines) is 1. The van der Waals surface area contributed by atoms with Crippen LogP contribution in [0.25, 0.3) is 5.65 Å². The number of hydrogen-bond acceptors (Lipinski definition) is 8. The molecule has 3 atom stereocenters. The molecule has 45 heavy (non-hydrogen) atoms. The van der Waals surface area contributed by atoms with Gasteiger partial charge in [-0.25, -0.2) is 4.79 Å². The first-order valence-corrected chi connectivity index (χ1v) is 16.9. The van der Waals surface area contributed by atoms with Crippen LogP contribution in [0.5, 0.6) is 5.75 Å². The van der Waals surface area contributed by atoms with E-state index in [0.29, 0.717) is 6.54 Å². The first kappa shape index (κ1) is 31.2. The largest absolute Gasteiger partial charge is 0.484 e. The summed E-state index contributed by atoms with van der Waals surface area (Å²) < 4.78 is 11.9. The number of rotatable bonds is 9. The van der Waals surface area contributed by atoms with Crippen molar-refractivity contribution in [2.45, 2.75) is 70.1 Å². The molecule has 0 saturated carbocycles. The molecule has 4 N–H and O–H groups in total. The molecule has 1 saturated heterocycles. The van der Waals surface area contributed by atoms with Gasteiger partial charge in [0.15, 0.2) is 11.5 Å². The molecule has 1 aliphatic heterocycles. The zero-order chi connectivity index (χ0) is 31.6. The number of ether oxygens (including phenoxy) is 1. The van der Waals surface area contributed by atoms with Crippen molar-refractivity contribution in [2.75, 3.05) is 36.0 Å². The minimum absolute atomic E-state index is 0.0580. The number of aliphatic hydroxyl groups excluding tert-OH is 1. The van der Waals surface area contributed by atoms with Gasteiger partial charge in [-0.2, -0.15) is 0 Å². The van der Waals surface area contributed by atoms with E-state index in [1.54, 1.807) is 0 Å². The lowest BCUT2D eigenvalue weighted by Crippen LogP contribution is -2.35. The van der Waals surface area contributed by atoms with Gasteiger partial charge < -0.3 is 25.2 Å². The second-order valence-electron chi connectivity index (χ2n) is 12.9. The highest BCUT2D eigenvalue weighted by Gasteiger charge is 2.31. The van der Waals surface area contributed by atoms with Gasteiger partial charge in [0.05, 0.1) is 24.9 Å². The zero-order valence-corrected chi connectivity index (χ0v) is 27.2. The van der Waals surface area contributed by atoms with Crippen molar-refractivity contribution < 1.29 is 14.6 Å². The van der Waals surface area contributed by atoms with Gasteiger partial charge in [-0.3, -0.25) is 9.30 Å². The van der Waals surface area contributed by atoms with Crippen LogP contribution in [0.4, 0.5) is 16.2 Å². The van der Waals surface area contributed by atoms with Crippen LogP contribution in [-0.4, -0.2) is 56.6 Å². The minimum atomic E-state index is -0.233. The Bertz CT molecular complexity index is 1650. The van der Waals surface area contributed by atoms with Gasteiger partial charge in [-0.15, -0.1) is 10.2 Å². The number of pyridine rings is 1. The molecule has 4 aromatic rings. The monoisotopic (exact) mass is 629 g/mol. The van der Waals surface area contributed by atoms with Crippen LogP contribution in [0.2, 0.25) is 0 Å².